The molecule has 4 aliphatic carbocycles. The molecule has 5 fully saturated rings. The molecule has 1 N–H and O–H groups in total. The monoisotopic (exact) mass is 554 g/mol. The zero-order valence-corrected chi connectivity index (χ0v) is 22.9. The number of hydrogen-bond donors (Lipinski definition) is 1. The molecule has 2 heterocycles. The minimum atomic E-state index is -2.22. The Morgan fingerprint density at radius 1 is 1.18 bits per heavy atom. The standard InChI is InChI=1S/C28H36F2O7S/c1-4-5-22-36-27(37-22)13-26(3)17(11-20(27)31)18(29)10-16-14-6-7-15(24(34)38-19-8-9-35-23(19)33)25(14,2)12-21(32)28(16,26)30/h11,14-16,18-19,21-22,32H,4-10,12-13H2,1-3H3/t14-,15-,16+,18-,19?,21-,22?,25-,26-,27?,28-/m0/s1. The molecule has 0 bridgehead atoms. The van der Waals surface area contributed by atoms with Gasteiger partial charge < -0.3 is 19.3 Å². The summed E-state index contributed by atoms with van der Waals surface area (Å²) < 4.78 is 50.3. The molecular formula is C28H36F2O7S. The highest BCUT2D eigenvalue weighted by Gasteiger charge is 2.75. The zero-order valence-electron chi connectivity index (χ0n) is 22.0. The first-order valence-electron chi connectivity index (χ1n) is 13.9. The number of aliphatic hydroxyl groups excluding tert-OH is 1. The molecule has 1 unspecified atom stereocenters. The van der Waals surface area contributed by atoms with Gasteiger partial charge in [0, 0.05) is 30.1 Å². The predicted octanol–water partition coefficient (Wildman–Crippen LogP) is 4.20. The summed E-state index contributed by atoms with van der Waals surface area (Å²) in [6.07, 6.45) is 0.150. The summed E-state index contributed by atoms with van der Waals surface area (Å²) >= 11 is 0.987. The molecule has 0 aromatic carbocycles. The van der Waals surface area contributed by atoms with E-state index in [2.05, 4.69) is 0 Å². The second kappa shape index (κ2) is 8.82. The van der Waals surface area contributed by atoms with Crippen LogP contribution < -0.4 is 0 Å². The minimum absolute atomic E-state index is 0.0394. The lowest BCUT2D eigenvalue weighted by Gasteiger charge is -2.65. The molecule has 3 saturated carbocycles. The molecule has 2 saturated heterocycles. The van der Waals surface area contributed by atoms with Gasteiger partial charge in [0.15, 0.2) is 11.4 Å². The van der Waals surface area contributed by atoms with Crippen molar-refractivity contribution in [3.63, 3.8) is 0 Å². The second-order valence-corrected chi connectivity index (χ2v) is 13.8. The lowest BCUT2D eigenvalue weighted by molar-refractivity contribution is -0.439. The molecule has 38 heavy (non-hydrogen) atoms. The smallest absolute Gasteiger partial charge is 0.319 e. The zero-order chi connectivity index (χ0) is 27.3. The normalized spacial score (nSPS) is 51.5. The van der Waals surface area contributed by atoms with Crippen molar-refractivity contribution in [1.82, 2.24) is 0 Å². The number of carbonyl (C=O) groups excluding carboxylic acids is 3. The number of allylic oxidation sites excluding steroid dienone is 1. The summed E-state index contributed by atoms with van der Waals surface area (Å²) in [6.45, 7) is 5.76. The maximum Gasteiger partial charge on any atom is 0.319 e. The first kappa shape index (κ1) is 26.8. The third kappa shape index (κ3) is 3.45. The third-order valence-electron chi connectivity index (χ3n) is 10.7. The lowest BCUT2D eigenvalue weighted by Crippen LogP contribution is -2.73. The summed E-state index contributed by atoms with van der Waals surface area (Å²) in [5, 5.41) is 10.9. The average molecular weight is 555 g/mol. The van der Waals surface area contributed by atoms with Crippen LogP contribution in [0.15, 0.2) is 11.6 Å². The number of hydrogen-bond acceptors (Lipinski definition) is 8. The number of carbonyl (C=O) groups is 3. The van der Waals surface area contributed by atoms with Gasteiger partial charge >= 0.3 is 5.97 Å². The Bertz CT molecular complexity index is 1090. The molecule has 0 amide bonds. The van der Waals surface area contributed by atoms with Gasteiger partial charge in [-0.15, -0.1) is 0 Å². The molecule has 0 aromatic rings. The highest BCUT2D eigenvalue weighted by atomic mass is 32.2. The van der Waals surface area contributed by atoms with Gasteiger partial charge in [-0.1, -0.05) is 39.0 Å². The maximum absolute atomic E-state index is 17.7. The van der Waals surface area contributed by atoms with Gasteiger partial charge in [-0.2, -0.15) is 0 Å². The van der Waals surface area contributed by atoms with Crippen LogP contribution in [-0.2, 0) is 28.6 Å². The first-order chi connectivity index (χ1) is 17.9. The number of rotatable bonds is 4. The quantitative estimate of drug-likeness (QED) is 0.517. The van der Waals surface area contributed by atoms with Crippen molar-refractivity contribution in [2.45, 2.75) is 107 Å². The molecule has 10 heteroatoms. The van der Waals surface area contributed by atoms with Crippen molar-refractivity contribution in [3.8, 4) is 0 Å². The molecular weight excluding hydrogens is 518 g/mol. The van der Waals surface area contributed by atoms with Gasteiger partial charge in [-0.25, -0.2) is 8.78 Å². The minimum Gasteiger partial charge on any atom is -0.465 e. The number of thioether (sulfide) groups is 1. The van der Waals surface area contributed by atoms with E-state index in [0.717, 1.165) is 24.3 Å². The highest BCUT2D eigenvalue weighted by Crippen LogP contribution is 2.71. The Morgan fingerprint density at radius 3 is 2.58 bits per heavy atom. The van der Waals surface area contributed by atoms with Crippen LogP contribution in [0.4, 0.5) is 8.78 Å². The summed E-state index contributed by atoms with van der Waals surface area (Å²) in [6, 6.07) is 0. The Hall–Kier alpha value is -1.36. The van der Waals surface area contributed by atoms with Crippen molar-refractivity contribution in [2.75, 3.05) is 6.61 Å². The molecule has 2 aliphatic heterocycles. The highest BCUT2D eigenvalue weighted by molar-refractivity contribution is 8.14. The first-order valence-corrected chi connectivity index (χ1v) is 14.8. The number of aliphatic hydroxyl groups is 1. The Kier molecular flexibility index (Phi) is 6.23. The Balaban J connectivity index is 1.31. The van der Waals surface area contributed by atoms with Gasteiger partial charge in [0.2, 0.25) is 11.6 Å². The van der Waals surface area contributed by atoms with E-state index < -0.39 is 69.7 Å². The number of halogens is 2. The fourth-order valence-corrected chi connectivity index (χ4v) is 10.0. The van der Waals surface area contributed by atoms with E-state index in [1.807, 2.05) is 13.8 Å². The van der Waals surface area contributed by atoms with Crippen LogP contribution in [-0.4, -0.2) is 63.9 Å². The van der Waals surface area contributed by atoms with E-state index in [-0.39, 0.29) is 35.9 Å². The van der Waals surface area contributed by atoms with Crippen LogP contribution in [0.1, 0.15) is 72.1 Å². The van der Waals surface area contributed by atoms with E-state index in [0.29, 0.717) is 32.3 Å². The van der Waals surface area contributed by atoms with Crippen molar-refractivity contribution in [2.24, 2.45) is 28.6 Å². The Labute approximate surface area is 225 Å². The van der Waals surface area contributed by atoms with E-state index in [1.54, 1.807) is 6.92 Å². The van der Waals surface area contributed by atoms with Crippen LogP contribution in [0, 0.1) is 28.6 Å². The van der Waals surface area contributed by atoms with Gasteiger partial charge in [0.05, 0.1) is 12.7 Å². The number of ketones is 1. The van der Waals surface area contributed by atoms with Crippen LogP contribution in [0.3, 0.4) is 0 Å². The lowest BCUT2D eigenvalue weighted by atomic mass is 9.43. The van der Waals surface area contributed by atoms with E-state index in [1.165, 1.54) is 0 Å². The van der Waals surface area contributed by atoms with Crippen LogP contribution in [0.2, 0.25) is 0 Å². The molecule has 6 aliphatic rings. The largest absolute Gasteiger partial charge is 0.465 e. The number of esters is 1. The van der Waals surface area contributed by atoms with Crippen molar-refractivity contribution in [3.05, 3.63) is 11.6 Å². The second-order valence-electron chi connectivity index (χ2n) is 12.6. The number of alkyl halides is 2. The summed E-state index contributed by atoms with van der Waals surface area (Å²) in [5.41, 5.74) is -4.39. The molecule has 6 rings (SSSR count). The Morgan fingerprint density at radius 2 is 1.92 bits per heavy atom. The summed E-state index contributed by atoms with van der Waals surface area (Å²) in [4.78, 5) is 38.3. The summed E-state index contributed by atoms with van der Waals surface area (Å²) in [5.74, 6) is -4.20. The maximum atomic E-state index is 17.7. The van der Waals surface area contributed by atoms with Crippen molar-refractivity contribution < 1.29 is 42.5 Å². The van der Waals surface area contributed by atoms with Gasteiger partial charge in [-0.05, 0) is 55.1 Å². The van der Waals surface area contributed by atoms with Crippen molar-refractivity contribution in [1.29, 1.82) is 0 Å². The van der Waals surface area contributed by atoms with Crippen LogP contribution in [0.25, 0.3) is 0 Å². The van der Waals surface area contributed by atoms with Gasteiger partial charge in [-0.3, -0.25) is 14.4 Å². The number of ether oxygens (including phenoxy) is 3. The molecule has 0 radical (unpaired) electrons. The van der Waals surface area contributed by atoms with Gasteiger partial charge in [0.1, 0.15) is 17.1 Å². The SMILES string of the molecule is CCCC1OC2(C[C@@]3(C)C(=CC2=O)[C@@H](F)C[C@@H]2[C@@H]4CC[C@@H](C(=O)SC5CCOC5=O)[C@@]4(C)C[C@H](O)[C@@]23F)O1. The predicted molar refractivity (Wildman–Crippen MR) is 133 cm³/mol. The fraction of sp³-hybridized carbons (Fsp3) is 0.821. The van der Waals surface area contributed by atoms with Crippen molar-refractivity contribution >= 4 is 28.6 Å². The molecule has 9 atom stereocenters. The summed E-state index contributed by atoms with van der Waals surface area (Å²) in [7, 11) is 0. The van der Waals surface area contributed by atoms with Gasteiger partial charge in [0.25, 0.3) is 0 Å². The van der Waals surface area contributed by atoms with Crippen LogP contribution >= 0.6 is 11.8 Å². The average Bonchev–Trinajstić information content (AvgIpc) is 3.39. The number of cyclic esters (lactones) is 1. The van der Waals surface area contributed by atoms with E-state index in [4.69, 9.17) is 14.2 Å². The number of fused-ring (bicyclic) bond motifs is 5. The molecule has 0 aromatic heterocycles. The molecule has 210 valence electrons. The van der Waals surface area contributed by atoms with Crippen LogP contribution in [0.5, 0.6) is 0 Å². The fourth-order valence-electron chi connectivity index (χ4n) is 8.82. The third-order valence-corrected chi connectivity index (χ3v) is 11.9. The molecule has 7 nitrogen and oxygen atoms in total. The van der Waals surface area contributed by atoms with E-state index in [9.17, 15) is 19.5 Å². The topological polar surface area (TPSA) is 99.1 Å². The molecule has 1 spiro atoms. The van der Waals surface area contributed by atoms with E-state index >= 15 is 8.78 Å².